The van der Waals surface area contributed by atoms with E-state index in [1.165, 1.54) is 11.3 Å². The van der Waals surface area contributed by atoms with E-state index < -0.39 is 32.0 Å². The highest BCUT2D eigenvalue weighted by Crippen LogP contribution is 2.47. The second kappa shape index (κ2) is 13.1. The zero-order valence-electron chi connectivity index (χ0n) is 24.6. The van der Waals surface area contributed by atoms with Crippen LogP contribution in [-0.4, -0.2) is 94.4 Å². The van der Waals surface area contributed by atoms with Crippen LogP contribution in [0.2, 0.25) is 0 Å². The van der Waals surface area contributed by atoms with Gasteiger partial charge in [0.15, 0.2) is 0 Å². The molecule has 2 atom stereocenters. The number of likely N-dealkylation sites (tertiary alicyclic amines) is 1. The number of halogens is 4. The summed E-state index contributed by atoms with van der Waals surface area (Å²) in [5, 5.41) is 7.72. The number of alkyl halides is 4. The molecule has 0 spiro atoms. The van der Waals surface area contributed by atoms with E-state index in [1.807, 2.05) is 37.2 Å². The summed E-state index contributed by atoms with van der Waals surface area (Å²) in [6.45, 7) is 2.80. The van der Waals surface area contributed by atoms with Crippen molar-refractivity contribution in [1.82, 2.24) is 9.80 Å². The molecule has 232 valence electrons. The number of anilines is 2. The molecule has 43 heavy (non-hydrogen) atoms. The van der Waals surface area contributed by atoms with Crippen LogP contribution >= 0.6 is 18.5 Å². The largest absolute Gasteiger partial charge is 0.495 e. The van der Waals surface area contributed by atoms with Crippen LogP contribution in [0.5, 0.6) is 5.75 Å². The number of ether oxygens (including phenoxy) is 1. The second-order valence-corrected chi connectivity index (χ2v) is 15.6. The first-order valence-corrected chi connectivity index (χ1v) is 17.2. The van der Waals surface area contributed by atoms with Gasteiger partial charge in [0.2, 0.25) is 0 Å². The van der Waals surface area contributed by atoms with E-state index in [-0.39, 0.29) is 12.1 Å². The number of hydrogen-bond donors (Lipinski definition) is 2. The van der Waals surface area contributed by atoms with Crippen LogP contribution in [0.15, 0.2) is 36.4 Å². The fourth-order valence-corrected chi connectivity index (χ4v) is 9.61. The van der Waals surface area contributed by atoms with Crippen molar-refractivity contribution in [2.75, 3.05) is 76.9 Å². The highest BCUT2D eigenvalue weighted by Gasteiger charge is 2.33. The molecule has 5 rings (SSSR count). The van der Waals surface area contributed by atoms with Crippen molar-refractivity contribution in [3.05, 3.63) is 46.8 Å². The highest BCUT2D eigenvalue weighted by molar-refractivity contribution is 7.71. The van der Waals surface area contributed by atoms with Crippen LogP contribution < -0.4 is 20.7 Å². The monoisotopic (exact) mass is 636 g/mol. The number of benzene rings is 2. The van der Waals surface area contributed by atoms with Gasteiger partial charge in [0.25, 0.3) is 0 Å². The minimum atomic E-state index is -4.41. The Balaban J connectivity index is 1.36. The summed E-state index contributed by atoms with van der Waals surface area (Å²) in [4.78, 5) is 4.44. The summed E-state index contributed by atoms with van der Waals surface area (Å²) in [5.41, 5.74) is 1.43. The maximum Gasteiger partial charge on any atom is 0.393 e. The molecule has 0 unspecified atom stereocenters. The summed E-state index contributed by atoms with van der Waals surface area (Å²) >= 11 is 1.20. The SMILES string of the molecule is COc1cc(P2(=O)CCN(C)CC2)ccc1NCC#Cc1sc2c(N[C@@H]3CCN(C)C[C@@H]3F)cccc2c1CC(F)(F)F. The summed E-state index contributed by atoms with van der Waals surface area (Å²) in [5.74, 6) is 6.48. The Hall–Kier alpha value is -2.77. The molecule has 0 bridgehead atoms. The normalized spacial score (nSPS) is 21.3. The minimum absolute atomic E-state index is 0.133. The van der Waals surface area contributed by atoms with E-state index >= 15 is 0 Å². The molecule has 2 fully saturated rings. The standard InChI is InChI=1S/C31H37F4N4O2PS/c1-38-14-16-42(40,17-15-38)21-9-10-26(28(18-21)41-3)36-12-5-8-29-23(19-31(33,34)35)22-6-4-7-27(30(22)43-29)37-25-11-13-39(2)20-24(25)32/h4,6-7,9-10,18,24-25,36-37H,11-17,19-20H2,1-3H3/t24-,25+/m0/s1. The van der Waals surface area contributed by atoms with Gasteiger partial charge in [-0.1, -0.05) is 24.0 Å². The van der Waals surface area contributed by atoms with Crippen LogP contribution in [0.1, 0.15) is 16.9 Å². The molecule has 2 aliphatic heterocycles. The number of fused-ring (bicyclic) bond motifs is 1. The van der Waals surface area contributed by atoms with E-state index in [9.17, 15) is 22.1 Å². The molecular weight excluding hydrogens is 599 g/mol. The van der Waals surface area contributed by atoms with Crippen molar-refractivity contribution in [3.8, 4) is 17.6 Å². The molecule has 12 heteroatoms. The Labute approximate surface area is 254 Å². The summed E-state index contributed by atoms with van der Waals surface area (Å²) in [6.07, 6.45) is -4.72. The van der Waals surface area contributed by atoms with E-state index in [0.29, 0.717) is 57.4 Å². The van der Waals surface area contributed by atoms with Gasteiger partial charge < -0.3 is 29.7 Å². The molecule has 2 saturated heterocycles. The molecule has 6 nitrogen and oxygen atoms in total. The number of piperidine rings is 1. The van der Waals surface area contributed by atoms with Gasteiger partial charge in [-0.15, -0.1) is 11.3 Å². The first-order chi connectivity index (χ1) is 20.5. The molecule has 2 N–H and O–H groups in total. The van der Waals surface area contributed by atoms with Crippen molar-refractivity contribution in [2.45, 2.75) is 31.2 Å². The fraction of sp³-hybridized carbons (Fsp3) is 0.484. The molecule has 0 saturated carbocycles. The third-order valence-electron chi connectivity index (χ3n) is 8.19. The summed E-state index contributed by atoms with van der Waals surface area (Å²) in [7, 11) is 2.95. The summed E-state index contributed by atoms with van der Waals surface area (Å²) in [6, 6.07) is 10.2. The minimum Gasteiger partial charge on any atom is -0.495 e. The smallest absolute Gasteiger partial charge is 0.393 e. The van der Waals surface area contributed by atoms with Gasteiger partial charge in [0, 0.05) is 43.8 Å². The average Bonchev–Trinajstić information content (AvgIpc) is 3.30. The molecule has 0 radical (unpaired) electrons. The van der Waals surface area contributed by atoms with Crippen LogP contribution in [0, 0.1) is 11.8 Å². The van der Waals surface area contributed by atoms with Gasteiger partial charge in [0.1, 0.15) is 19.1 Å². The lowest BCUT2D eigenvalue weighted by Crippen LogP contribution is -2.46. The van der Waals surface area contributed by atoms with E-state index in [2.05, 4.69) is 27.4 Å². The Morgan fingerprint density at radius 3 is 2.56 bits per heavy atom. The number of rotatable bonds is 7. The predicted octanol–water partition coefficient (Wildman–Crippen LogP) is 5.87. The molecule has 3 aromatic rings. The lowest BCUT2D eigenvalue weighted by Gasteiger charge is -2.33. The van der Waals surface area contributed by atoms with E-state index in [4.69, 9.17) is 4.74 Å². The van der Waals surface area contributed by atoms with Crippen molar-refractivity contribution in [1.29, 1.82) is 0 Å². The molecule has 2 aliphatic rings. The van der Waals surface area contributed by atoms with Crippen LogP contribution in [0.4, 0.5) is 28.9 Å². The number of thiophene rings is 1. The molecule has 2 aromatic carbocycles. The lowest BCUT2D eigenvalue weighted by atomic mass is 10.0. The van der Waals surface area contributed by atoms with Gasteiger partial charge in [0.05, 0.1) is 47.1 Å². The quantitative estimate of drug-likeness (QED) is 0.193. The third-order valence-corrected chi connectivity index (χ3v) is 12.5. The van der Waals surface area contributed by atoms with Gasteiger partial charge in [-0.2, -0.15) is 13.2 Å². The first kappa shape index (κ1) is 31.6. The van der Waals surface area contributed by atoms with Gasteiger partial charge >= 0.3 is 6.18 Å². The van der Waals surface area contributed by atoms with Gasteiger partial charge in [-0.25, -0.2) is 4.39 Å². The molecular formula is C31H37F4N4O2PS. The van der Waals surface area contributed by atoms with E-state index in [0.717, 1.165) is 24.9 Å². The van der Waals surface area contributed by atoms with Crippen LogP contribution in [0.3, 0.4) is 0 Å². The first-order valence-electron chi connectivity index (χ1n) is 14.3. The zero-order chi connectivity index (χ0) is 30.8. The fourth-order valence-electron chi connectivity index (χ4n) is 5.67. The third kappa shape index (κ3) is 7.49. The molecule has 1 aromatic heterocycles. The maximum absolute atomic E-state index is 14.7. The van der Waals surface area contributed by atoms with Crippen LogP contribution in [-0.2, 0) is 11.0 Å². The van der Waals surface area contributed by atoms with Crippen molar-refractivity contribution in [2.24, 2.45) is 0 Å². The van der Waals surface area contributed by atoms with E-state index in [1.54, 1.807) is 25.3 Å². The Kier molecular flexibility index (Phi) is 9.62. The zero-order valence-corrected chi connectivity index (χ0v) is 26.3. The maximum atomic E-state index is 14.7. The number of methoxy groups -OCH3 is 1. The number of hydrogen-bond acceptors (Lipinski definition) is 7. The molecule has 3 heterocycles. The Morgan fingerprint density at radius 1 is 1.09 bits per heavy atom. The van der Waals surface area contributed by atoms with Crippen molar-refractivity contribution in [3.63, 3.8) is 0 Å². The van der Waals surface area contributed by atoms with Gasteiger partial charge in [-0.3, -0.25) is 0 Å². The van der Waals surface area contributed by atoms with Crippen molar-refractivity contribution < 1.29 is 26.9 Å². The second-order valence-electron chi connectivity index (χ2n) is 11.4. The molecule has 0 amide bonds. The van der Waals surface area contributed by atoms with Crippen molar-refractivity contribution >= 4 is 45.2 Å². The topological polar surface area (TPSA) is 56.8 Å². The number of nitrogens with one attached hydrogen (secondary N) is 2. The highest BCUT2D eigenvalue weighted by atomic mass is 32.1. The number of nitrogens with zero attached hydrogens (tertiary/aromatic N) is 2. The Bertz CT molecular complexity index is 1550. The molecule has 0 aliphatic carbocycles. The van der Waals surface area contributed by atoms with Crippen LogP contribution in [0.25, 0.3) is 10.1 Å². The van der Waals surface area contributed by atoms with Gasteiger partial charge in [-0.05, 0) is 55.7 Å². The predicted molar refractivity (Wildman–Crippen MR) is 169 cm³/mol. The lowest BCUT2D eigenvalue weighted by molar-refractivity contribution is -0.126. The average molecular weight is 637 g/mol. The Morgan fingerprint density at radius 2 is 1.86 bits per heavy atom. The summed E-state index contributed by atoms with van der Waals surface area (Å²) < 4.78 is 75.4.